The highest BCUT2D eigenvalue weighted by atomic mass is 16.5. The van der Waals surface area contributed by atoms with E-state index in [4.69, 9.17) is 14.7 Å². The molecule has 3 nitrogen and oxygen atoms in total. The molecule has 2 rings (SSSR count). The maximum absolute atomic E-state index is 8.78. The topological polar surface area (TPSA) is 42.2 Å². The van der Waals surface area contributed by atoms with Crippen molar-refractivity contribution in [2.24, 2.45) is 0 Å². The van der Waals surface area contributed by atoms with Gasteiger partial charge in [0.25, 0.3) is 0 Å². The van der Waals surface area contributed by atoms with E-state index in [2.05, 4.69) is 0 Å². The molecule has 0 saturated carbocycles. The van der Waals surface area contributed by atoms with Crippen molar-refractivity contribution in [2.45, 2.75) is 6.61 Å². The highest BCUT2D eigenvalue weighted by Crippen LogP contribution is 2.16. The standard InChI is InChI=1S/C17H15NO2/c1-19-17(12-18)11-14-7-9-16(10-8-14)20-13-15-5-3-2-4-6-15/h2-11H,13H2,1H3. The molecule has 0 aliphatic rings. The number of allylic oxidation sites excluding steroid dienone is 1. The molecule has 0 radical (unpaired) electrons. The monoisotopic (exact) mass is 265 g/mol. The third-order valence-electron chi connectivity index (χ3n) is 2.76. The second kappa shape index (κ2) is 7.01. The minimum absolute atomic E-state index is 0.281. The van der Waals surface area contributed by atoms with Gasteiger partial charge >= 0.3 is 0 Å². The molecular formula is C17H15NO2. The second-order valence-electron chi connectivity index (χ2n) is 4.17. The van der Waals surface area contributed by atoms with E-state index in [1.807, 2.05) is 60.7 Å². The van der Waals surface area contributed by atoms with Crippen LogP contribution in [-0.2, 0) is 11.3 Å². The van der Waals surface area contributed by atoms with E-state index in [-0.39, 0.29) is 5.76 Å². The molecule has 20 heavy (non-hydrogen) atoms. The number of nitrogens with zero attached hydrogens (tertiary/aromatic N) is 1. The maximum atomic E-state index is 8.78. The summed E-state index contributed by atoms with van der Waals surface area (Å²) in [5.74, 6) is 1.07. The number of benzene rings is 2. The normalized spacial score (nSPS) is 10.7. The molecule has 0 heterocycles. The van der Waals surface area contributed by atoms with E-state index in [0.717, 1.165) is 16.9 Å². The Labute approximate surface area is 118 Å². The van der Waals surface area contributed by atoms with Crippen molar-refractivity contribution in [1.82, 2.24) is 0 Å². The zero-order valence-electron chi connectivity index (χ0n) is 11.2. The molecule has 3 heteroatoms. The molecule has 0 amide bonds. The molecule has 0 N–H and O–H groups in total. The van der Waals surface area contributed by atoms with Gasteiger partial charge in [-0.05, 0) is 29.3 Å². The van der Waals surface area contributed by atoms with Gasteiger partial charge in [-0.25, -0.2) is 0 Å². The minimum atomic E-state index is 0.281. The average Bonchev–Trinajstić information content (AvgIpc) is 2.53. The lowest BCUT2D eigenvalue weighted by atomic mass is 10.2. The third-order valence-corrected chi connectivity index (χ3v) is 2.76. The van der Waals surface area contributed by atoms with Gasteiger partial charge in [0.05, 0.1) is 7.11 Å². The summed E-state index contributed by atoms with van der Waals surface area (Å²) in [6.07, 6.45) is 1.68. The fourth-order valence-corrected chi connectivity index (χ4v) is 1.69. The predicted octanol–water partition coefficient (Wildman–Crippen LogP) is 3.78. The molecule has 0 bridgehead atoms. The minimum Gasteiger partial charge on any atom is -0.489 e. The zero-order valence-corrected chi connectivity index (χ0v) is 11.2. The van der Waals surface area contributed by atoms with E-state index in [1.165, 1.54) is 7.11 Å². The summed E-state index contributed by atoms with van der Waals surface area (Å²) >= 11 is 0. The Hall–Kier alpha value is -2.73. The summed E-state index contributed by atoms with van der Waals surface area (Å²) in [7, 11) is 1.48. The van der Waals surface area contributed by atoms with Crippen LogP contribution in [-0.4, -0.2) is 7.11 Å². The van der Waals surface area contributed by atoms with Gasteiger partial charge in [-0.2, -0.15) is 5.26 Å². The quantitative estimate of drug-likeness (QED) is 0.610. The van der Waals surface area contributed by atoms with Gasteiger partial charge in [0.15, 0.2) is 5.76 Å². The number of hydrogen-bond donors (Lipinski definition) is 0. The SMILES string of the molecule is COC(C#N)=Cc1ccc(OCc2ccccc2)cc1. The van der Waals surface area contributed by atoms with Crippen molar-refractivity contribution in [3.63, 3.8) is 0 Å². The Kier molecular flexibility index (Phi) is 4.80. The number of ether oxygens (including phenoxy) is 2. The first-order valence-electron chi connectivity index (χ1n) is 6.24. The fourth-order valence-electron chi connectivity index (χ4n) is 1.69. The molecule has 0 unspecified atom stereocenters. The van der Waals surface area contributed by atoms with Crippen LogP contribution in [0.5, 0.6) is 5.75 Å². The Morgan fingerprint density at radius 3 is 2.40 bits per heavy atom. The lowest BCUT2D eigenvalue weighted by Crippen LogP contribution is -1.94. The van der Waals surface area contributed by atoms with Gasteiger partial charge in [-0.1, -0.05) is 42.5 Å². The lowest BCUT2D eigenvalue weighted by Gasteiger charge is -2.06. The third kappa shape index (κ3) is 3.89. The first-order chi connectivity index (χ1) is 9.81. The first-order valence-corrected chi connectivity index (χ1v) is 6.24. The van der Waals surface area contributed by atoms with Crippen molar-refractivity contribution < 1.29 is 9.47 Å². The van der Waals surface area contributed by atoms with Crippen LogP contribution in [0.3, 0.4) is 0 Å². The zero-order chi connectivity index (χ0) is 14.2. The highest BCUT2D eigenvalue weighted by Gasteiger charge is 1.97. The van der Waals surface area contributed by atoms with Gasteiger partial charge in [0, 0.05) is 0 Å². The van der Waals surface area contributed by atoms with E-state index in [0.29, 0.717) is 6.61 Å². The fraction of sp³-hybridized carbons (Fsp3) is 0.118. The molecule has 0 saturated heterocycles. The van der Waals surface area contributed by atoms with Crippen LogP contribution in [0.2, 0.25) is 0 Å². The first kappa shape index (κ1) is 13.7. The van der Waals surface area contributed by atoms with Gasteiger partial charge in [-0.3, -0.25) is 0 Å². The molecule has 2 aromatic carbocycles. The number of hydrogen-bond acceptors (Lipinski definition) is 3. The van der Waals surface area contributed by atoms with Crippen LogP contribution in [0.25, 0.3) is 6.08 Å². The van der Waals surface area contributed by atoms with Gasteiger partial charge in [-0.15, -0.1) is 0 Å². The van der Waals surface area contributed by atoms with Crippen LogP contribution in [0.4, 0.5) is 0 Å². The predicted molar refractivity (Wildman–Crippen MR) is 77.8 cm³/mol. The van der Waals surface area contributed by atoms with Gasteiger partial charge < -0.3 is 9.47 Å². The molecular weight excluding hydrogens is 250 g/mol. The van der Waals surface area contributed by atoms with E-state index >= 15 is 0 Å². The Bertz CT molecular complexity index is 610. The van der Waals surface area contributed by atoms with Crippen LogP contribution in [0.15, 0.2) is 60.4 Å². The number of methoxy groups -OCH3 is 1. The molecule has 0 fully saturated rings. The van der Waals surface area contributed by atoms with E-state index in [1.54, 1.807) is 6.08 Å². The number of rotatable bonds is 5. The van der Waals surface area contributed by atoms with Gasteiger partial charge in [0.1, 0.15) is 18.4 Å². The summed E-state index contributed by atoms with van der Waals surface area (Å²) in [4.78, 5) is 0. The Morgan fingerprint density at radius 1 is 1.10 bits per heavy atom. The van der Waals surface area contributed by atoms with Crippen molar-refractivity contribution in [3.8, 4) is 11.8 Å². The molecule has 100 valence electrons. The summed E-state index contributed by atoms with van der Waals surface area (Å²) in [5.41, 5.74) is 2.03. The molecule has 0 aromatic heterocycles. The van der Waals surface area contributed by atoms with Crippen LogP contribution >= 0.6 is 0 Å². The maximum Gasteiger partial charge on any atom is 0.197 e. The van der Waals surface area contributed by atoms with Crippen molar-refractivity contribution in [3.05, 3.63) is 71.5 Å². The highest BCUT2D eigenvalue weighted by molar-refractivity contribution is 5.55. The summed E-state index contributed by atoms with van der Waals surface area (Å²) in [5, 5.41) is 8.78. The van der Waals surface area contributed by atoms with E-state index < -0.39 is 0 Å². The smallest absolute Gasteiger partial charge is 0.197 e. The Morgan fingerprint density at radius 2 is 1.80 bits per heavy atom. The van der Waals surface area contributed by atoms with Crippen LogP contribution in [0, 0.1) is 11.3 Å². The van der Waals surface area contributed by atoms with Gasteiger partial charge in [0.2, 0.25) is 0 Å². The second-order valence-corrected chi connectivity index (χ2v) is 4.17. The number of nitriles is 1. The van der Waals surface area contributed by atoms with E-state index in [9.17, 15) is 0 Å². The molecule has 0 aliphatic heterocycles. The van der Waals surface area contributed by atoms with Crippen LogP contribution < -0.4 is 4.74 Å². The summed E-state index contributed by atoms with van der Waals surface area (Å²) < 4.78 is 10.6. The van der Waals surface area contributed by atoms with Crippen molar-refractivity contribution in [2.75, 3.05) is 7.11 Å². The Balaban J connectivity index is 1.99. The van der Waals surface area contributed by atoms with Crippen molar-refractivity contribution >= 4 is 6.08 Å². The van der Waals surface area contributed by atoms with Crippen molar-refractivity contribution in [1.29, 1.82) is 5.26 Å². The summed E-state index contributed by atoms with van der Waals surface area (Å²) in [6, 6.07) is 19.5. The lowest BCUT2D eigenvalue weighted by molar-refractivity contribution is 0.306. The molecule has 2 aromatic rings. The molecule has 0 spiro atoms. The average molecular weight is 265 g/mol. The van der Waals surface area contributed by atoms with Crippen LogP contribution in [0.1, 0.15) is 11.1 Å². The molecule has 0 atom stereocenters. The largest absolute Gasteiger partial charge is 0.489 e. The summed E-state index contributed by atoms with van der Waals surface area (Å²) in [6.45, 7) is 0.539. The molecule has 0 aliphatic carbocycles.